The van der Waals surface area contributed by atoms with Crippen LogP contribution in [0.3, 0.4) is 0 Å². The van der Waals surface area contributed by atoms with Gasteiger partial charge in [-0.2, -0.15) is 18.3 Å². The van der Waals surface area contributed by atoms with Crippen molar-refractivity contribution < 1.29 is 35.3 Å². The summed E-state index contributed by atoms with van der Waals surface area (Å²) in [6, 6.07) is 2.83. The smallest absolute Gasteiger partial charge is 0.321 e. The van der Waals surface area contributed by atoms with E-state index in [0.717, 1.165) is 29.1 Å². The summed E-state index contributed by atoms with van der Waals surface area (Å²) in [5.74, 6) is -5.58. The molecule has 4 rings (SSSR count). The lowest BCUT2D eigenvalue weighted by atomic mass is 9.67. The minimum Gasteiger partial charge on any atom is -0.321 e. The predicted octanol–water partition coefficient (Wildman–Crippen LogP) is 5.64. The van der Waals surface area contributed by atoms with Crippen LogP contribution in [0.25, 0.3) is 0 Å². The van der Waals surface area contributed by atoms with E-state index >= 15 is 0 Å². The van der Waals surface area contributed by atoms with Gasteiger partial charge in [0.2, 0.25) is 5.92 Å². The summed E-state index contributed by atoms with van der Waals surface area (Å²) in [4.78, 5) is 12.6. The van der Waals surface area contributed by atoms with Crippen LogP contribution in [0.4, 0.5) is 32.0 Å². The first-order valence-corrected chi connectivity index (χ1v) is 12.4. The number of halogens is 6. The molecule has 1 atom stereocenters. The highest BCUT2D eigenvalue weighted by Gasteiger charge is 2.55. The zero-order valence-corrected chi connectivity index (χ0v) is 19.0. The van der Waals surface area contributed by atoms with E-state index in [0.29, 0.717) is 12.8 Å². The average Bonchev–Trinajstić information content (AvgIpc) is 3.41. The van der Waals surface area contributed by atoms with Crippen molar-refractivity contribution in [1.29, 1.82) is 4.78 Å². The van der Waals surface area contributed by atoms with E-state index < -0.39 is 73.9 Å². The van der Waals surface area contributed by atoms with Crippen molar-refractivity contribution in [1.82, 2.24) is 9.78 Å². The fourth-order valence-corrected chi connectivity index (χ4v) is 5.28. The number of alkyl halides is 5. The molecule has 186 valence electrons. The molecule has 0 spiro atoms. The number of benzene rings is 1. The molecule has 1 heterocycles. The second kappa shape index (κ2) is 7.72. The Hall–Kier alpha value is -2.57. The number of nitrogens with zero attached hydrogens (tertiary/aromatic N) is 2. The Bertz CT molecular complexity index is 1260. The van der Waals surface area contributed by atoms with E-state index in [1.165, 1.54) is 6.92 Å². The lowest BCUT2D eigenvalue weighted by molar-refractivity contribution is -0.160. The molecule has 0 radical (unpaired) electrons. The van der Waals surface area contributed by atoms with Crippen LogP contribution in [0.1, 0.15) is 60.3 Å². The predicted molar refractivity (Wildman–Crippen MR) is 111 cm³/mol. The number of hydrogen-bond acceptors (Lipinski definition) is 4. The number of aromatic nitrogens is 2. The van der Waals surface area contributed by atoms with E-state index in [1.807, 2.05) is 0 Å². The summed E-state index contributed by atoms with van der Waals surface area (Å²) in [5.41, 5.74) is -3.55. The van der Waals surface area contributed by atoms with Crippen molar-refractivity contribution in [2.75, 3.05) is 11.6 Å². The van der Waals surface area contributed by atoms with Gasteiger partial charge in [-0.15, -0.1) is 0 Å². The number of nitrogens with one attached hydrogen (secondary N) is 2. The highest BCUT2D eigenvalue weighted by Crippen LogP contribution is 2.53. The zero-order chi connectivity index (χ0) is 25.3. The number of carbonyl (C=O) groups excluding carboxylic acids is 1. The zero-order valence-electron chi connectivity index (χ0n) is 18.2. The molecule has 1 aromatic carbocycles. The van der Waals surface area contributed by atoms with E-state index in [2.05, 4.69) is 10.4 Å². The highest BCUT2D eigenvalue weighted by molar-refractivity contribution is 7.91. The number of carbonyl (C=O) groups is 1. The van der Waals surface area contributed by atoms with Crippen LogP contribution in [0.2, 0.25) is 0 Å². The molecule has 1 aromatic heterocycles. The van der Waals surface area contributed by atoms with Gasteiger partial charge in [-0.1, -0.05) is 6.92 Å². The standard InChI is InChI=1S/C21H22F6N4O2S/c1-19(8-20(23,24)9-19)10-31-17(15(21(25,26)27)16(30-31)11-3-4-11)18(32)29-12-5-6-13(22)14(7-12)34(2,28)33/h5-7,11,28H,3-4,8-10H2,1-2H3,(H,29,32). The van der Waals surface area contributed by atoms with Crippen LogP contribution >= 0.6 is 0 Å². The number of rotatable bonds is 6. The molecule has 1 unspecified atom stereocenters. The molecular weight excluding hydrogens is 486 g/mol. The average molecular weight is 508 g/mol. The van der Waals surface area contributed by atoms with Gasteiger partial charge in [0.05, 0.1) is 20.3 Å². The Balaban J connectivity index is 1.76. The molecule has 2 N–H and O–H groups in total. The van der Waals surface area contributed by atoms with Crippen molar-refractivity contribution in [2.24, 2.45) is 5.41 Å². The van der Waals surface area contributed by atoms with Crippen molar-refractivity contribution in [2.45, 2.75) is 62.1 Å². The van der Waals surface area contributed by atoms with Crippen molar-refractivity contribution >= 4 is 21.3 Å². The van der Waals surface area contributed by atoms with E-state index in [9.17, 15) is 35.3 Å². The molecule has 2 aromatic rings. The Morgan fingerprint density at radius 1 is 1.29 bits per heavy atom. The molecule has 2 fully saturated rings. The van der Waals surface area contributed by atoms with Gasteiger partial charge in [0.15, 0.2) is 0 Å². The molecule has 0 bridgehead atoms. The van der Waals surface area contributed by atoms with Gasteiger partial charge in [-0.25, -0.2) is 22.2 Å². The van der Waals surface area contributed by atoms with Gasteiger partial charge in [0.1, 0.15) is 17.1 Å². The van der Waals surface area contributed by atoms with Gasteiger partial charge in [-0.3, -0.25) is 9.48 Å². The van der Waals surface area contributed by atoms with Crippen molar-refractivity contribution in [3.05, 3.63) is 41.0 Å². The first-order chi connectivity index (χ1) is 15.5. The largest absolute Gasteiger partial charge is 0.420 e. The molecule has 13 heteroatoms. The van der Waals surface area contributed by atoms with Crippen LogP contribution < -0.4 is 5.32 Å². The van der Waals surface area contributed by atoms with Crippen LogP contribution in [0.5, 0.6) is 0 Å². The third kappa shape index (κ3) is 4.80. The maximum atomic E-state index is 14.1. The van der Waals surface area contributed by atoms with E-state index in [-0.39, 0.29) is 17.9 Å². The van der Waals surface area contributed by atoms with Gasteiger partial charge in [0.25, 0.3) is 5.91 Å². The molecule has 34 heavy (non-hydrogen) atoms. The van der Waals surface area contributed by atoms with Crippen LogP contribution in [0, 0.1) is 16.0 Å². The molecular formula is C21H22F6N4O2S. The molecule has 0 aliphatic heterocycles. The quantitative estimate of drug-likeness (QED) is 0.495. The maximum Gasteiger partial charge on any atom is 0.420 e. The molecule has 6 nitrogen and oxygen atoms in total. The minimum absolute atomic E-state index is 0.168. The van der Waals surface area contributed by atoms with Gasteiger partial charge < -0.3 is 5.32 Å². The second-order valence-electron chi connectivity index (χ2n) is 9.50. The first kappa shape index (κ1) is 24.6. The number of anilines is 1. The number of hydrogen-bond donors (Lipinski definition) is 2. The molecule has 2 saturated carbocycles. The molecule has 1 amide bonds. The third-order valence-electron chi connectivity index (χ3n) is 5.95. The summed E-state index contributed by atoms with van der Waals surface area (Å²) < 4.78 is 104. The molecule has 0 saturated heterocycles. The van der Waals surface area contributed by atoms with Gasteiger partial charge >= 0.3 is 6.18 Å². The lowest BCUT2D eigenvalue weighted by Crippen LogP contribution is -2.47. The topological polar surface area (TPSA) is 87.8 Å². The SMILES string of the molecule is CC1(Cn2nc(C3CC3)c(C(F)(F)F)c2C(=O)Nc2ccc(F)c(S(C)(=N)=O)c2)CC(F)(F)C1. The second-order valence-corrected chi connectivity index (χ2v) is 11.6. The maximum absolute atomic E-state index is 14.1. The van der Waals surface area contributed by atoms with Crippen molar-refractivity contribution in [3.8, 4) is 0 Å². The molecule has 2 aliphatic carbocycles. The summed E-state index contributed by atoms with van der Waals surface area (Å²) in [7, 11) is -3.52. The summed E-state index contributed by atoms with van der Waals surface area (Å²) in [5, 5.41) is 6.28. The molecule has 2 aliphatic rings. The summed E-state index contributed by atoms with van der Waals surface area (Å²) >= 11 is 0. The Kier molecular flexibility index (Phi) is 5.57. The van der Waals surface area contributed by atoms with E-state index in [1.54, 1.807) is 0 Å². The Morgan fingerprint density at radius 2 is 1.91 bits per heavy atom. The van der Waals surface area contributed by atoms with Crippen LogP contribution in [-0.4, -0.2) is 32.1 Å². The first-order valence-electron chi connectivity index (χ1n) is 10.4. The third-order valence-corrected chi connectivity index (χ3v) is 7.11. The summed E-state index contributed by atoms with van der Waals surface area (Å²) in [6.07, 6.45) is -4.13. The summed E-state index contributed by atoms with van der Waals surface area (Å²) in [6.45, 7) is 1.18. The fourth-order valence-electron chi connectivity index (χ4n) is 4.49. The Morgan fingerprint density at radius 3 is 2.41 bits per heavy atom. The fraction of sp³-hybridized carbons (Fsp3) is 0.524. The lowest BCUT2D eigenvalue weighted by Gasteiger charge is -2.44. The van der Waals surface area contributed by atoms with Crippen LogP contribution in [0.15, 0.2) is 23.1 Å². The van der Waals surface area contributed by atoms with E-state index in [4.69, 9.17) is 4.78 Å². The highest BCUT2D eigenvalue weighted by atomic mass is 32.2. The van der Waals surface area contributed by atoms with Gasteiger partial charge in [-0.05, 0) is 36.5 Å². The minimum atomic E-state index is -4.93. The van der Waals surface area contributed by atoms with Crippen LogP contribution in [-0.2, 0) is 22.5 Å². The monoisotopic (exact) mass is 508 g/mol. The normalized spacial score (nSPS) is 20.9. The number of amides is 1. The van der Waals surface area contributed by atoms with Crippen molar-refractivity contribution in [3.63, 3.8) is 0 Å². The van der Waals surface area contributed by atoms with Gasteiger partial charge in [0, 0.05) is 37.2 Å². The Labute approximate surface area is 191 Å².